The zero-order valence-corrected chi connectivity index (χ0v) is 15.9. The molecular formula is C22H27NO3. The minimum Gasteiger partial charge on any atom is -0.481 e. The van der Waals surface area contributed by atoms with Crippen molar-refractivity contribution in [2.24, 2.45) is 0 Å². The highest BCUT2D eigenvalue weighted by atomic mass is 16.5. The van der Waals surface area contributed by atoms with E-state index in [1.807, 2.05) is 31.2 Å². The zero-order chi connectivity index (χ0) is 19.1. The molecule has 2 rings (SSSR count). The first kappa shape index (κ1) is 19.7. The molecule has 0 bridgehead atoms. The normalized spacial score (nSPS) is 12.9. The van der Waals surface area contributed by atoms with Crippen molar-refractivity contribution in [3.05, 3.63) is 59.7 Å². The summed E-state index contributed by atoms with van der Waals surface area (Å²) in [7, 11) is 0. The van der Waals surface area contributed by atoms with E-state index in [0.29, 0.717) is 23.7 Å². The lowest BCUT2D eigenvalue weighted by molar-refractivity contribution is -0.122. The maximum absolute atomic E-state index is 12.5. The molecule has 0 unspecified atom stereocenters. The molecule has 26 heavy (non-hydrogen) atoms. The molecular weight excluding hydrogens is 326 g/mol. The van der Waals surface area contributed by atoms with E-state index in [9.17, 15) is 9.59 Å². The molecule has 0 saturated carbocycles. The number of rotatable bonds is 8. The molecule has 0 fully saturated rings. The lowest BCUT2D eigenvalue weighted by Gasteiger charge is -2.18. The van der Waals surface area contributed by atoms with Gasteiger partial charge in [0.2, 0.25) is 0 Å². The van der Waals surface area contributed by atoms with Gasteiger partial charge in [0.05, 0.1) is 0 Å². The van der Waals surface area contributed by atoms with Gasteiger partial charge >= 0.3 is 0 Å². The molecule has 0 aliphatic heterocycles. The van der Waals surface area contributed by atoms with Gasteiger partial charge in [-0.3, -0.25) is 9.59 Å². The fraction of sp³-hybridized carbons (Fsp3) is 0.364. The third-order valence-electron chi connectivity index (χ3n) is 4.54. The summed E-state index contributed by atoms with van der Waals surface area (Å²) in [6.07, 6.45) is 0.823. The summed E-state index contributed by atoms with van der Waals surface area (Å²) in [6, 6.07) is 14.7. The molecule has 0 radical (unpaired) electrons. The van der Waals surface area contributed by atoms with Crippen LogP contribution in [0.1, 0.15) is 62.4 Å². The third-order valence-corrected chi connectivity index (χ3v) is 4.54. The van der Waals surface area contributed by atoms with Crippen molar-refractivity contribution >= 4 is 17.4 Å². The number of hydrogen-bond acceptors (Lipinski definition) is 3. The van der Waals surface area contributed by atoms with Crippen LogP contribution in [0, 0.1) is 0 Å². The summed E-state index contributed by atoms with van der Waals surface area (Å²) < 4.78 is 5.72. The summed E-state index contributed by atoms with van der Waals surface area (Å²) in [5.41, 5.74) is 2.60. The molecule has 0 aromatic heterocycles. The van der Waals surface area contributed by atoms with E-state index in [4.69, 9.17) is 4.74 Å². The van der Waals surface area contributed by atoms with Crippen LogP contribution in [0.25, 0.3) is 0 Å². The Kier molecular flexibility index (Phi) is 6.96. The van der Waals surface area contributed by atoms with E-state index in [1.54, 1.807) is 31.2 Å². The predicted molar refractivity (Wildman–Crippen MR) is 105 cm³/mol. The first-order chi connectivity index (χ1) is 12.5. The summed E-state index contributed by atoms with van der Waals surface area (Å²) in [6.45, 7) is 7.81. The number of anilines is 1. The zero-order valence-electron chi connectivity index (χ0n) is 15.9. The smallest absolute Gasteiger partial charge is 0.265 e. The first-order valence-corrected chi connectivity index (χ1v) is 9.15. The van der Waals surface area contributed by atoms with Crippen LogP contribution in [0.4, 0.5) is 5.69 Å². The number of Topliss-reactive ketones (excluding diaryl/α,β-unsaturated/α-hetero) is 1. The number of ether oxygens (including phenoxy) is 1. The van der Waals surface area contributed by atoms with Crippen LogP contribution in [0.3, 0.4) is 0 Å². The fourth-order valence-corrected chi connectivity index (χ4v) is 2.68. The highest BCUT2D eigenvalue weighted by molar-refractivity contribution is 5.96. The lowest BCUT2D eigenvalue weighted by atomic mass is 9.97. The number of nitrogens with one attached hydrogen (secondary N) is 1. The van der Waals surface area contributed by atoms with Gasteiger partial charge < -0.3 is 10.1 Å². The highest BCUT2D eigenvalue weighted by Gasteiger charge is 2.17. The maximum Gasteiger partial charge on any atom is 0.265 e. The van der Waals surface area contributed by atoms with Crippen LogP contribution in [-0.2, 0) is 4.79 Å². The molecule has 2 aromatic rings. The molecule has 1 N–H and O–H groups in total. The van der Waals surface area contributed by atoms with E-state index < -0.39 is 6.10 Å². The van der Waals surface area contributed by atoms with E-state index in [0.717, 1.165) is 17.7 Å². The number of hydrogen-bond donors (Lipinski definition) is 1. The van der Waals surface area contributed by atoms with E-state index in [1.165, 1.54) is 0 Å². The number of ketones is 1. The van der Waals surface area contributed by atoms with Crippen LogP contribution >= 0.6 is 0 Å². The monoisotopic (exact) mass is 353 g/mol. The summed E-state index contributed by atoms with van der Waals surface area (Å²) in [4.78, 5) is 24.2. The molecule has 0 aliphatic rings. The Labute approximate surface area is 155 Å². The molecule has 1 amide bonds. The minimum atomic E-state index is -0.646. The molecule has 0 spiro atoms. The number of carbonyl (C=O) groups excluding carboxylic acids is 2. The van der Waals surface area contributed by atoms with Gasteiger partial charge in [0.1, 0.15) is 5.75 Å². The number of carbonyl (C=O) groups is 2. The predicted octanol–water partition coefficient (Wildman–Crippen LogP) is 5.20. The van der Waals surface area contributed by atoms with Crippen molar-refractivity contribution in [1.82, 2.24) is 0 Å². The van der Waals surface area contributed by atoms with Crippen molar-refractivity contribution in [1.29, 1.82) is 0 Å². The van der Waals surface area contributed by atoms with Gasteiger partial charge in [0.15, 0.2) is 11.9 Å². The Balaban J connectivity index is 2.03. The van der Waals surface area contributed by atoms with Crippen molar-refractivity contribution < 1.29 is 14.3 Å². The van der Waals surface area contributed by atoms with Crippen LogP contribution in [0.5, 0.6) is 5.75 Å². The second kappa shape index (κ2) is 9.18. The molecule has 0 saturated heterocycles. The van der Waals surface area contributed by atoms with Crippen LogP contribution in [0.2, 0.25) is 0 Å². The number of amides is 1. The molecule has 0 aliphatic carbocycles. The summed E-state index contributed by atoms with van der Waals surface area (Å²) >= 11 is 0. The summed E-state index contributed by atoms with van der Waals surface area (Å²) in [5, 5.41) is 2.97. The standard InChI is InChI=1S/C22H27NO3/c1-5-15(3)19-9-7-8-10-20(19)23-22(25)16(4)26-18-13-11-17(12-14-18)21(24)6-2/h7-16H,5-6H2,1-4H3,(H,23,25)/t15-,16-/m1/s1. The van der Waals surface area contributed by atoms with Gasteiger partial charge in [-0.2, -0.15) is 0 Å². The van der Waals surface area contributed by atoms with Gasteiger partial charge in [-0.15, -0.1) is 0 Å². The first-order valence-electron chi connectivity index (χ1n) is 9.15. The summed E-state index contributed by atoms with van der Waals surface area (Å²) in [5.74, 6) is 0.820. The Morgan fingerprint density at radius 2 is 1.65 bits per heavy atom. The minimum absolute atomic E-state index is 0.0870. The lowest BCUT2D eigenvalue weighted by Crippen LogP contribution is -2.30. The number of para-hydroxylation sites is 1. The molecule has 2 atom stereocenters. The largest absolute Gasteiger partial charge is 0.481 e. The quantitative estimate of drug-likeness (QED) is 0.664. The highest BCUT2D eigenvalue weighted by Crippen LogP contribution is 2.26. The van der Waals surface area contributed by atoms with Crippen molar-refractivity contribution in [3.8, 4) is 5.75 Å². The van der Waals surface area contributed by atoms with Crippen LogP contribution < -0.4 is 10.1 Å². The molecule has 0 heterocycles. The van der Waals surface area contributed by atoms with E-state index in [-0.39, 0.29) is 11.7 Å². The third kappa shape index (κ3) is 4.94. The Morgan fingerprint density at radius 1 is 1.00 bits per heavy atom. The molecule has 138 valence electrons. The van der Waals surface area contributed by atoms with Gasteiger partial charge in [0, 0.05) is 17.7 Å². The number of benzene rings is 2. The van der Waals surface area contributed by atoms with Crippen LogP contribution in [0.15, 0.2) is 48.5 Å². The molecule has 2 aromatic carbocycles. The van der Waals surface area contributed by atoms with Crippen molar-refractivity contribution in [2.45, 2.75) is 52.6 Å². The van der Waals surface area contributed by atoms with Gasteiger partial charge in [-0.05, 0) is 55.2 Å². The maximum atomic E-state index is 12.5. The fourth-order valence-electron chi connectivity index (χ4n) is 2.68. The molecule has 4 heteroatoms. The Hall–Kier alpha value is -2.62. The van der Waals surface area contributed by atoms with E-state index >= 15 is 0 Å². The second-order valence-corrected chi connectivity index (χ2v) is 6.45. The molecule has 4 nitrogen and oxygen atoms in total. The Morgan fingerprint density at radius 3 is 2.27 bits per heavy atom. The average Bonchev–Trinajstić information content (AvgIpc) is 2.67. The van der Waals surface area contributed by atoms with Gasteiger partial charge in [-0.25, -0.2) is 0 Å². The van der Waals surface area contributed by atoms with Crippen molar-refractivity contribution in [3.63, 3.8) is 0 Å². The van der Waals surface area contributed by atoms with Crippen LogP contribution in [-0.4, -0.2) is 17.8 Å². The van der Waals surface area contributed by atoms with Crippen molar-refractivity contribution in [2.75, 3.05) is 5.32 Å². The topological polar surface area (TPSA) is 55.4 Å². The average molecular weight is 353 g/mol. The second-order valence-electron chi connectivity index (χ2n) is 6.45. The van der Waals surface area contributed by atoms with E-state index in [2.05, 4.69) is 19.2 Å². The Bertz CT molecular complexity index is 752. The SMILES string of the molecule is CCC(=O)c1ccc(O[C@H](C)C(=O)Nc2ccccc2[C@H](C)CC)cc1. The van der Waals surface area contributed by atoms with Gasteiger partial charge in [-0.1, -0.05) is 39.0 Å². The van der Waals surface area contributed by atoms with Gasteiger partial charge in [0.25, 0.3) is 5.91 Å².